The molecule has 2 aromatic rings. The van der Waals surface area contributed by atoms with Gasteiger partial charge in [-0.3, -0.25) is 4.79 Å². The van der Waals surface area contributed by atoms with Gasteiger partial charge in [0, 0.05) is 17.1 Å². The summed E-state index contributed by atoms with van der Waals surface area (Å²) in [4.78, 5) is 11.6. The highest BCUT2D eigenvalue weighted by Crippen LogP contribution is 2.26. The molecule has 1 aliphatic rings. The number of hydrogen-bond acceptors (Lipinski definition) is 1. The van der Waals surface area contributed by atoms with Crippen molar-refractivity contribution in [2.45, 2.75) is 6.54 Å². The second kappa shape index (κ2) is 3.90. The number of carbonyl (C=O) groups excluding carboxylic acids is 1. The maximum Gasteiger partial charge on any atom is 0.251 e. The number of benzene rings is 2. The Labute approximate surface area is 104 Å². The van der Waals surface area contributed by atoms with Gasteiger partial charge in [0.25, 0.3) is 5.91 Å². The van der Waals surface area contributed by atoms with Crippen LogP contribution in [0.15, 0.2) is 42.5 Å². The number of carbonyl (C=O) groups is 1. The topological polar surface area (TPSA) is 29.1 Å². The van der Waals surface area contributed by atoms with Gasteiger partial charge in [0.15, 0.2) is 0 Å². The van der Waals surface area contributed by atoms with Crippen molar-refractivity contribution in [3.63, 3.8) is 0 Å². The standard InChI is InChI=1S/C14H10ClNO/c15-12-3-1-2-9(6-12)10-4-5-11-8-16-14(17)13(11)7-10/h1-7H,8H2,(H,16,17). The molecular weight excluding hydrogens is 234 g/mol. The van der Waals surface area contributed by atoms with Gasteiger partial charge in [-0.25, -0.2) is 0 Å². The average Bonchev–Trinajstić information content (AvgIpc) is 2.71. The quantitative estimate of drug-likeness (QED) is 0.819. The van der Waals surface area contributed by atoms with E-state index in [2.05, 4.69) is 5.32 Å². The molecule has 0 unspecified atom stereocenters. The summed E-state index contributed by atoms with van der Waals surface area (Å²) >= 11 is 5.96. The van der Waals surface area contributed by atoms with Gasteiger partial charge in [-0.15, -0.1) is 0 Å². The molecule has 0 aromatic heterocycles. The van der Waals surface area contributed by atoms with E-state index in [1.807, 2.05) is 42.5 Å². The van der Waals surface area contributed by atoms with Crippen LogP contribution in [0.3, 0.4) is 0 Å². The third-order valence-corrected chi connectivity index (χ3v) is 3.19. The molecular formula is C14H10ClNO. The summed E-state index contributed by atoms with van der Waals surface area (Å²) < 4.78 is 0. The maximum absolute atomic E-state index is 11.6. The smallest absolute Gasteiger partial charge is 0.251 e. The van der Waals surface area contributed by atoms with E-state index >= 15 is 0 Å². The minimum atomic E-state index is 0.00359. The Morgan fingerprint density at radius 2 is 1.88 bits per heavy atom. The number of hydrogen-bond donors (Lipinski definition) is 1. The van der Waals surface area contributed by atoms with E-state index in [1.54, 1.807) is 0 Å². The van der Waals surface area contributed by atoms with Crippen molar-refractivity contribution in [2.75, 3.05) is 0 Å². The van der Waals surface area contributed by atoms with Crippen molar-refractivity contribution in [2.24, 2.45) is 0 Å². The molecule has 0 bridgehead atoms. The molecule has 0 saturated carbocycles. The lowest BCUT2D eigenvalue weighted by Gasteiger charge is -2.04. The monoisotopic (exact) mass is 243 g/mol. The van der Waals surface area contributed by atoms with E-state index in [9.17, 15) is 4.79 Å². The molecule has 1 aliphatic heterocycles. The molecule has 1 N–H and O–H groups in total. The molecule has 0 fully saturated rings. The van der Waals surface area contributed by atoms with Gasteiger partial charge in [0.1, 0.15) is 0 Å². The highest BCUT2D eigenvalue weighted by atomic mass is 35.5. The molecule has 3 rings (SSSR count). The van der Waals surface area contributed by atoms with Gasteiger partial charge in [-0.1, -0.05) is 35.9 Å². The first-order chi connectivity index (χ1) is 8.24. The van der Waals surface area contributed by atoms with Crippen LogP contribution in [0.4, 0.5) is 0 Å². The molecule has 84 valence electrons. The van der Waals surface area contributed by atoms with Gasteiger partial charge in [-0.05, 0) is 34.9 Å². The van der Waals surface area contributed by atoms with Crippen LogP contribution in [0, 0.1) is 0 Å². The summed E-state index contributed by atoms with van der Waals surface area (Å²) in [5, 5.41) is 3.51. The molecule has 1 amide bonds. The largest absolute Gasteiger partial charge is 0.348 e. The second-order valence-electron chi connectivity index (χ2n) is 4.06. The Kier molecular flexibility index (Phi) is 2.37. The van der Waals surface area contributed by atoms with Crippen LogP contribution in [0.5, 0.6) is 0 Å². The van der Waals surface area contributed by atoms with Crippen molar-refractivity contribution >= 4 is 17.5 Å². The predicted molar refractivity (Wildman–Crippen MR) is 68.1 cm³/mol. The Balaban J connectivity index is 2.11. The molecule has 2 aromatic carbocycles. The van der Waals surface area contributed by atoms with Crippen molar-refractivity contribution in [3.8, 4) is 11.1 Å². The summed E-state index contributed by atoms with van der Waals surface area (Å²) in [7, 11) is 0. The fraction of sp³-hybridized carbons (Fsp3) is 0.0714. The van der Waals surface area contributed by atoms with Crippen LogP contribution in [-0.2, 0) is 6.54 Å². The molecule has 0 spiro atoms. The van der Waals surface area contributed by atoms with E-state index in [0.29, 0.717) is 11.6 Å². The molecule has 0 atom stereocenters. The molecule has 17 heavy (non-hydrogen) atoms. The summed E-state index contributed by atoms with van der Waals surface area (Å²) in [6.07, 6.45) is 0. The second-order valence-corrected chi connectivity index (χ2v) is 4.50. The maximum atomic E-state index is 11.6. The first-order valence-electron chi connectivity index (χ1n) is 5.41. The fourth-order valence-corrected chi connectivity index (χ4v) is 2.25. The van der Waals surface area contributed by atoms with Crippen LogP contribution >= 0.6 is 11.6 Å². The molecule has 2 nitrogen and oxygen atoms in total. The molecule has 0 aliphatic carbocycles. The Morgan fingerprint density at radius 1 is 1.06 bits per heavy atom. The lowest BCUT2D eigenvalue weighted by Crippen LogP contribution is -2.12. The lowest BCUT2D eigenvalue weighted by atomic mass is 10.0. The minimum absolute atomic E-state index is 0.00359. The summed E-state index contributed by atoms with van der Waals surface area (Å²) in [5.74, 6) is 0.00359. The summed E-state index contributed by atoms with van der Waals surface area (Å²) in [6, 6.07) is 13.6. The van der Waals surface area contributed by atoms with Crippen molar-refractivity contribution in [1.29, 1.82) is 0 Å². The van der Waals surface area contributed by atoms with E-state index in [0.717, 1.165) is 22.3 Å². The Bertz CT molecular complexity index is 607. The number of amides is 1. The van der Waals surface area contributed by atoms with Crippen LogP contribution in [0.1, 0.15) is 15.9 Å². The zero-order valence-electron chi connectivity index (χ0n) is 9.03. The molecule has 0 saturated heterocycles. The first-order valence-corrected chi connectivity index (χ1v) is 5.79. The van der Waals surface area contributed by atoms with Crippen molar-refractivity contribution < 1.29 is 4.79 Å². The summed E-state index contributed by atoms with van der Waals surface area (Å²) in [6.45, 7) is 0.629. The normalized spacial score (nSPS) is 13.4. The molecule has 1 heterocycles. The number of halogens is 1. The SMILES string of the molecule is O=C1NCc2ccc(-c3cccc(Cl)c3)cc21. The molecule has 3 heteroatoms. The van der Waals surface area contributed by atoms with Gasteiger partial charge < -0.3 is 5.32 Å². The van der Waals surface area contributed by atoms with E-state index in [1.165, 1.54) is 0 Å². The van der Waals surface area contributed by atoms with Crippen molar-refractivity contribution in [1.82, 2.24) is 5.32 Å². The lowest BCUT2D eigenvalue weighted by molar-refractivity contribution is 0.0966. The van der Waals surface area contributed by atoms with E-state index in [4.69, 9.17) is 11.6 Å². The molecule has 0 radical (unpaired) electrons. The van der Waals surface area contributed by atoms with Crippen LogP contribution in [0.2, 0.25) is 5.02 Å². The zero-order valence-corrected chi connectivity index (χ0v) is 9.79. The van der Waals surface area contributed by atoms with Crippen LogP contribution in [-0.4, -0.2) is 5.91 Å². The number of rotatable bonds is 1. The van der Waals surface area contributed by atoms with Gasteiger partial charge in [0.05, 0.1) is 0 Å². The Hall–Kier alpha value is -1.80. The zero-order chi connectivity index (χ0) is 11.8. The van der Waals surface area contributed by atoms with Crippen molar-refractivity contribution in [3.05, 3.63) is 58.6 Å². The predicted octanol–water partition coefficient (Wildman–Crippen LogP) is 3.25. The number of fused-ring (bicyclic) bond motifs is 1. The minimum Gasteiger partial charge on any atom is -0.348 e. The highest BCUT2D eigenvalue weighted by Gasteiger charge is 2.18. The first kappa shape index (κ1) is 10.4. The third-order valence-electron chi connectivity index (χ3n) is 2.95. The third kappa shape index (κ3) is 1.81. The van der Waals surface area contributed by atoms with Crippen LogP contribution < -0.4 is 5.32 Å². The summed E-state index contributed by atoms with van der Waals surface area (Å²) in [5.41, 5.74) is 3.87. The fourth-order valence-electron chi connectivity index (χ4n) is 2.06. The van der Waals surface area contributed by atoms with Gasteiger partial charge in [0.2, 0.25) is 0 Å². The average molecular weight is 244 g/mol. The Morgan fingerprint density at radius 3 is 2.71 bits per heavy atom. The highest BCUT2D eigenvalue weighted by molar-refractivity contribution is 6.30. The van der Waals surface area contributed by atoms with Gasteiger partial charge in [-0.2, -0.15) is 0 Å². The van der Waals surface area contributed by atoms with E-state index < -0.39 is 0 Å². The number of nitrogens with one attached hydrogen (secondary N) is 1. The van der Waals surface area contributed by atoms with Crippen LogP contribution in [0.25, 0.3) is 11.1 Å². The van der Waals surface area contributed by atoms with E-state index in [-0.39, 0.29) is 5.91 Å². The van der Waals surface area contributed by atoms with Gasteiger partial charge >= 0.3 is 0 Å².